The number of nitrogens with one attached hydrogen (secondary N) is 1. The third-order valence-corrected chi connectivity index (χ3v) is 5.22. The Kier molecular flexibility index (Phi) is 7.20. The Morgan fingerprint density at radius 3 is 2.50 bits per heavy atom. The zero-order valence-electron chi connectivity index (χ0n) is 18.3. The SMILES string of the molecule is CCOc1cc(/C=N\NC(=O)c2cccc3ccccc23)ccc1OC(=O)c1ccc(Cl)cc1. The predicted molar refractivity (Wildman–Crippen MR) is 133 cm³/mol. The molecule has 0 radical (unpaired) electrons. The van der Waals surface area contributed by atoms with Crippen LogP contribution in [0.3, 0.4) is 0 Å². The van der Waals surface area contributed by atoms with Gasteiger partial charge in [0.2, 0.25) is 0 Å². The van der Waals surface area contributed by atoms with Gasteiger partial charge in [-0.05, 0) is 71.8 Å². The van der Waals surface area contributed by atoms with Gasteiger partial charge in [-0.15, -0.1) is 0 Å². The number of hydrazone groups is 1. The second kappa shape index (κ2) is 10.6. The topological polar surface area (TPSA) is 77.0 Å². The molecule has 0 unspecified atom stereocenters. The molecule has 34 heavy (non-hydrogen) atoms. The Morgan fingerprint density at radius 2 is 1.71 bits per heavy atom. The summed E-state index contributed by atoms with van der Waals surface area (Å²) in [6, 6.07) is 24.6. The average molecular weight is 473 g/mol. The number of amides is 1. The van der Waals surface area contributed by atoms with Gasteiger partial charge in [0.15, 0.2) is 11.5 Å². The summed E-state index contributed by atoms with van der Waals surface area (Å²) in [5.74, 6) is -0.180. The summed E-state index contributed by atoms with van der Waals surface area (Å²) in [4.78, 5) is 25.1. The van der Waals surface area contributed by atoms with E-state index in [0.29, 0.717) is 34.1 Å². The van der Waals surface area contributed by atoms with Crippen molar-refractivity contribution in [1.82, 2.24) is 5.43 Å². The van der Waals surface area contributed by atoms with Crippen LogP contribution in [0.4, 0.5) is 0 Å². The number of nitrogens with zero attached hydrogens (tertiary/aromatic N) is 1. The third kappa shape index (κ3) is 5.42. The molecular formula is C27H21ClN2O4. The smallest absolute Gasteiger partial charge is 0.343 e. The second-order valence-electron chi connectivity index (χ2n) is 7.26. The molecule has 0 aliphatic carbocycles. The minimum atomic E-state index is -0.526. The van der Waals surface area contributed by atoms with E-state index in [4.69, 9.17) is 21.1 Å². The van der Waals surface area contributed by atoms with Crippen molar-refractivity contribution in [1.29, 1.82) is 0 Å². The maximum Gasteiger partial charge on any atom is 0.343 e. The van der Waals surface area contributed by atoms with Gasteiger partial charge in [0.1, 0.15) is 0 Å². The number of fused-ring (bicyclic) bond motifs is 1. The normalized spacial score (nSPS) is 10.9. The number of ether oxygens (including phenoxy) is 2. The molecule has 4 aromatic carbocycles. The van der Waals surface area contributed by atoms with Crippen LogP contribution in [0.2, 0.25) is 5.02 Å². The second-order valence-corrected chi connectivity index (χ2v) is 7.70. The molecule has 0 aliphatic heterocycles. The lowest BCUT2D eigenvalue weighted by atomic mass is 10.0. The first-order valence-corrected chi connectivity index (χ1v) is 11.0. The molecule has 0 saturated heterocycles. The fourth-order valence-corrected chi connectivity index (χ4v) is 3.48. The molecule has 0 saturated carbocycles. The molecule has 0 spiro atoms. The van der Waals surface area contributed by atoms with Crippen molar-refractivity contribution in [3.05, 3.63) is 107 Å². The van der Waals surface area contributed by atoms with Crippen LogP contribution < -0.4 is 14.9 Å². The minimum Gasteiger partial charge on any atom is -0.490 e. The molecule has 4 aromatic rings. The lowest BCUT2D eigenvalue weighted by Gasteiger charge is -2.11. The van der Waals surface area contributed by atoms with E-state index >= 15 is 0 Å². The van der Waals surface area contributed by atoms with Gasteiger partial charge in [-0.3, -0.25) is 4.79 Å². The number of carbonyl (C=O) groups excluding carboxylic acids is 2. The van der Waals surface area contributed by atoms with Crippen LogP contribution in [-0.2, 0) is 0 Å². The van der Waals surface area contributed by atoms with E-state index < -0.39 is 5.97 Å². The largest absolute Gasteiger partial charge is 0.490 e. The van der Waals surface area contributed by atoms with Crippen molar-refractivity contribution in [2.24, 2.45) is 5.10 Å². The van der Waals surface area contributed by atoms with E-state index in [1.165, 1.54) is 6.21 Å². The Hall–Kier alpha value is -4.16. The molecular weight excluding hydrogens is 452 g/mol. The highest BCUT2D eigenvalue weighted by atomic mass is 35.5. The van der Waals surface area contributed by atoms with Crippen molar-refractivity contribution < 1.29 is 19.1 Å². The quantitative estimate of drug-likeness (QED) is 0.158. The maximum absolute atomic E-state index is 12.6. The van der Waals surface area contributed by atoms with E-state index in [1.807, 2.05) is 43.3 Å². The highest BCUT2D eigenvalue weighted by Crippen LogP contribution is 2.29. The highest BCUT2D eigenvalue weighted by molar-refractivity contribution is 6.30. The van der Waals surface area contributed by atoms with E-state index in [-0.39, 0.29) is 11.7 Å². The Bertz CT molecular complexity index is 1360. The van der Waals surface area contributed by atoms with Crippen LogP contribution in [0.5, 0.6) is 11.5 Å². The molecule has 0 aliphatic rings. The van der Waals surface area contributed by atoms with Gasteiger partial charge in [0.05, 0.1) is 18.4 Å². The zero-order chi connectivity index (χ0) is 23.9. The predicted octanol–water partition coefficient (Wildman–Crippen LogP) is 5.88. The number of benzene rings is 4. The number of esters is 1. The molecule has 0 bridgehead atoms. The van der Waals surface area contributed by atoms with Crippen molar-refractivity contribution in [3.63, 3.8) is 0 Å². The number of hydrogen-bond acceptors (Lipinski definition) is 5. The molecule has 0 heterocycles. The molecule has 4 rings (SSSR count). The zero-order valence-corrected chi connectivity index (χ0v) is 19.1. The summed E-state index contributed by atoms with van der Waals surface area (Å²) in [5.41, 5.74) is 4.12. The van der Waals surface area contributed by atoms with Gasteiger partial charge in [0, 0.05) is 10.6 Å². The van der Waals surface area contributed by atoms with Crippen LogP contribution in [0, 0.1) is 0 Å². The van der Waals surface area contributed by atoms with Gasteiger partial charge in [-0.1, -0.05) is 48.0 Å². The third-order valence-electron chi connectivity index (χ3n) is 4.96. The fourth-order valence-electron chi connectivity index (χ4n) is 3.35. The molecule has 6 nitrogen and oxygen atoms in total. The Morgan fingerprint density at radius 1 is 0.941 bits per heavy atom. The summed E-state index contributed by atoms with van der Waals surface area (Å²) in [5, 5.41) is 6.43. The van der Waals surface area contributed by atoms with Crippen molar-refractivity contribution in [2.45, 2.75) is 6.92 Å². The van der Waals surface area contributed by atoms with Crippen LogP contribution in [0.15, 0.2) is 90.0 Å². The van der Waals surface area contributed by atoms with Gasteiger partial charge in [-0.25, -0.2) is 10.2 Å². The molecule has 1 amide bonds. The van der Waals surface area contributed by atoms with Gasteiger partial charge >= 0.3 is 5.97 Å². The minimum absolute atomic E-state index is 0.277. The summed E-state index contributed by atoms with van der Waals surface area (Å²) in [7, 11) is 0. The standard InChI is InChI=1S/C27H21ClN2O4/c1-2-33-25-16-18(10-15-24(25)34-27(32)20-11-13-21(28)14-12-20)17-29-30-26(31)23-9-5-7-19-6-3-4-8-22(19)23/h3-17H,2H2,1H3,(H,30,31)/b29-17-. The molecule has 0 atom stereocenters. The fraction of sp³-hybridized carbons (Fsp3) is 0.0741. The summed E-state index contributed by atoms with van der Waals surface area (Å²) in [6.45, 7) is 2.21. The van der Waals surface area contributed by atoms with E-state index in [0.717, 1.165) is 10.8 Å². The summed E-state index contributed by atoms with van der Waals surface area (Å²) in [6.07, 6.45) is 1.50. The Balaban J connectivity index is 1.47. The molecule has 1 N–H and O–H groups in total. The molecule has 170 valence electrons. The average Bonchev–Trinajstić information content (AvgIpc) is 2.85. The lowest BCUT2D eigenvalue weighted by Crippen LogP contribution is -2.17. The molecule has 0 aromatic heterocycles. The van der Waals surface area contributed by atoms with E-state index in [2.05, 4.69) is 10.5 Å². The maximum atomic E-state index is 12.6. The first kappa shape index (κ1) is 23.0. The van der Waals surface area contributed by atoms with Crippen molar-refractivity contribution in [3.8, 4) is 11.5 Å². The lowest BCUT2D eigenvalue weighted by molar-refractivity contribution is 0.0728. The van der Waals surface area contributed by atoms with Crippen LogP contribution >= 0.6 is 11.6 Å². The summed E-state index contributed by atoms with van der Waals surface area (Å²) >= 11 is 5.87. The van der Waals surface area contributed by atoms with Gasteiger partial charge < -0.3 is 9.47 Å². The van der Waals surface area contributed by atoms with Crippen LogP contribution in [0.1, 0.15) is 33.2 Å². The number of carbonyl (C=O) groups is 2. The number of rotatable bonds is 7. The number of hydrogen-bond donors (Lipinski definition) is 1. The van der Waals surface area contributed by atoms with Crippen molar-refractivity contribution in [2.75, 3.05) is 6.61 Å². The molecule has 0 fully saturated rings. The molecule has 7 heteroatoms. The van der Waals surface area contributed by atoms with Crippen LogP contribution in [0.25, 0.3) is 10.8 Å². The summed E-state index contributed by atoms with van der Waals surface area (Å²) < 4.78 is 11.1. The number of halogens is 1. The van der Waals surface area contributed by atoms with E-state index in [9.17, 15) is 9.59 Å². The monoisotopic (exact) mass is 472 g/mol. The first-order valence-electron chi connectivity index (χ1n) is 10.6. The van der Waals surface area contributed by atoms with Gasteiger partial charge in [-0.2, -0.15) is 5.10 Å². The first-order chi connectivity index (χ1) is 16.5. The highest BCUT2D eigenvalue weighted by Gasteiger charge is 2.13. The van der Waals surface area contributed by atoms with Crippen molar-refractivity contribution >= 4 is 40.5 Å². The van der Waals surface area contributed by atoms with Crippen LogP contribution in [-0.4, -0.2) is 24.7 Å². The van der Waals surface area contributed by atoms with Gasteiger partial charge in [0.25, 0.3) is 5.91 Å². The Labute approximate surface area is 201 Å². The van der Waals surface area contributed by atoms with E-state index in [1.54, 1.807) is 48.5 Å².